The van der Waals surface area contributed by atoms with Crippen LogP contribution < -0.4 is 15.5 Å². The van der Waals surface area contributed by atoms with Crippen LogP contribution in [0.4, 0.5) is 5.69 Å². The topological polar surface area (TPSA) is 41.6 Å². The summed E-state index contributed by atoms with van der Waals surface area (Å²) >= 11 is 1.66. The number of benzene rings is 2. The van der Waals surface area contributed by atoms with Crippen molar-refractivity contribution in [1.82, 2.24) is 4.90 Å². The van der Waals surface area contributed by atoms with Gasteiger partial charge in [0.15, 0.2) is 5.43 Å². The van der Waals surface area contributed by atoms with Gasteiger partial charge in [-0.15, -0.1) is 11.3 Å². The molecule has 5 heteroatoms. The van der Waals surface area contributed by atoms with Crippen molar-refractivity contribution >= 4 is 43.3 Å². The highest BCUT2D eigenvalue weighted by Crippen LogP contribution is 2.42. The number of nitrogens with zero attached hydrogens (tertiary/aromatic N) is 1. The van der Waals surface area contributed by atoms with E-state index in [0.717, 1.165) is 50.3 Å². The van der Waals surface area contributed by atoms with Gasteiger partial charge in [0.25, 0.3) is 0 Å². The molecule has 1 saturated heterocycles. The lowest BCUT2D eigenvalue weighted by Crippen LogP contribution is -2.34. The summed E-state index contributed by atoms with van der Waals surface area (Å²) < 4.78 is 8.27. The zero-order chi connectivity index (χ0) is 20.7. The Kier molecular flexibility index (Phi) is 5.03. The first-order valence-corrected chi connectivity index (χ1v) is 11.7. The van der Waals surface area contributed by atoms with Gasteiger partial charge in [0.1, 0.15) is 11.4 Å². The fourth-order valence-electron chi connectivity index (χ4n) is 4.51. The molecule has 0 saturated carbocycles. The van der Waals surface area contributed by atoms with Crippen LogP contribution in [0.15, 0.2) is 41.2 Å². The maximum absolute atomic E-state index is 13.5. The van der Waals surface area contributed by atoms with Crippen LogP contribution in [0.5, 0.6) is 5.75 Å². The molecule has 0 atom stereocenters. The summed E-state index contributed by atoms with van der Waals surface area (Å²) in [6.07, 6.45) is 8.10. The van der Waals surface area contributed by atoms with Gasteiger partial charge in [-0.1, -0.05) is 18.6 Å². The average Bonchev–Trinajstić information content (AvgIpc) is 2.73. The second-order valence-corrected chi connectivity index (χ2v) is 9.92. The van der Waals surface area contributed by atoms with Crippen LogP contribution in [0.2, 0.25) is 0 Å². The van der Waals surface area contributed by atoms with E-state index in [1.165, 1.54) is 32.4 Å². The molecule has 0 unspecified atom stereocenters. The van der Waals surface area contributed by atoms with Gasteiger partial charge in [0, 0.05) is 33.4 Å². The average molecular weight is 421 g/mol. The summed E-state index contributed by atoms with van der Waals surface area (Å²) in [5, 5.41) is 5.20. The van der Waals surface area contributed by atoms with E-state index in [2.05, 4.69) is 36.2 Å². The van der Waals surface area contributed by atoms with Crippen LogP contribution in [0.25, 0.3) is 26.2 Å². The third-order valence-corrected chi connectivity index (χ3v) is 7.19. The predicted octanol–water partition coefficient (Wildman–Crippen LogP) is 5.50. The molecular formula is C25H28N2O2S. The molecule has 0 spiro atoms. The van der Waals surface area contributed by atoms with Gasteiger partial charge in [-0.25, -0.2) is 0 Å². The summed E-state index contributed by atoms with van der Waals surface area (Å²) in [5.41, 5.74) is 1.65. The third-order valence-electron chi connectivity index (χ3n) is 6.07. The van der Waals surface area contributed by atoms with Crippen molar-refractivity contribution in [2.45, 2.75) is 38.7 Å². The van der Waals surface area contributed by atoms with Crippen molar-refractivity contribution in [3.63, 3.8) is 0 Å². The molecule has 0 radical (unpaired) electrons. The van der Waals surface area contributed by atoms with Crippen LogP contribution in [-0.4, -0.2) is 36.7 Å². The van der Waals surface area contributed by atoms with Crippen LogP contribution in [0.3, 0.4) is 0 Å². The predicted molar refractivity (Wildman–Crippen MR) is 128 cm³/mol. The van der Waals surface area contributed by atoms with Gasteiger partial charge in [-0.05, 0) is 70.1 Å². The van der Waals surface area contributed by atoms with E-state index in [1.807, 2.05) is 30.3 Å². The van der Waals surface area contributed by atoms with Crippen molar-refractivity contribution in [1.29, 1.82) is 0 Å². The first-order chi connectivity index (χ1) is 14.5. The zero-order valence-electron chi connectivity index (χ0n) is 17.7. The molecule has 3 heterocycles. The third kappa shape index (κ3) is 3.61. The van der Waals surface area contributed by atoms with E-state index in [9.17, 15) is 4.79 Å². The zero-order valence-corrected chi connectivity index (χ0v) is 18.5. The molecule has 1 N–H and O–H groups in total. The fraction of sp³-hybridized carbons (Fsp3) is 0.400. The molecule has 3 aromatic rings. The summed E-state index contributed by atoms with van der Waals surface area (Å²) in [7, 11) is 0. The molecule has 156 valence electrons. The molecule has 4 nitrogen and oxygen atoms in total. The normalized spacial score (nSPS) is 18.3. The van der Waals surface area contributed by atoms with Crippen molar-refractivity contribution < 1.29 is 4.74 Å². The minimum Gasteiger partial charge on any atom is -0.483 e. The highest BCUT2D eigenvalue weighted by molar-refractivity contribution is 7.24. The molecule has 2 aromatic carbocycles. The highest BCUT2D eigenvalue weighted by atomic mass is 32.1. The molecule has 0 aliphatic carbocycles. The van der Waals surface area contributed by atoms with E-state index in [1.54, 1.807) is 11.3 Å². The van der Waals surface area contributed by atoms with E-state index in [0.29, 0.717) is 0 Å². The molecule has 0 amide bonds. The maximum Gasteiger partial charge on any atom is 0.197 e. The number of rotatable bonds is 4. The Morgan fingerprint density at radius 3 is 2.77 bits per heavy atom. The summed E-state index contributed by atoms with van der Waals surface area (Å²) in [4.78, 5) is 16.0. The number of likely N-dealkylation sites (tertiary alicyclic amines) is 1. The Labute approximate surface area is 181 Å². The quantitative estimate of drug-likeness (QED) is 0.566. The SMILES string of the molecule is CC1(C)C=Cc2c(cc3sc4ccccc4c(=O)c3c2NCCN2CCCCC2)O1. The monoisotopic (exact) mass is 420 g/mol. The number of ether oxygens (including phenoxy) is 1. The van der Waals surface area contributed by atoms with E-state index >= 15 is 0 Å². The lowest BCUT2D eigenvalue weighted by atomic mass is 9.99. The second kappa shape index (κ2) is 7.71. The number of fused-ring (bicyclic) bond motifs is 3. The Morgan fingerprint density at radius 1 is 1.13 bits per heavy atom. The van der Waals surface area contributed by atoms with Gasteiger partial charge >= 0.3 is 0 Å². The maximum atomic E-state index is 13.5. The molecule has 0 bridgehead atoms. The van der Waals surface area contributed by atoms with Gasteiger partial charge in [0.05, 0.1) is 11.1 Å². The minimum absolute atomic E-state index is 0.0980. The molecule has 1 aromatic heterocycles. The van der Waals surface area contributed by atoms with Gasteiger partial charge in [-0.3, -0.25) is 4.79 Å². The van der Waals surface area contributed by atoms with Crippen LogP contribution in [-0.2, 0) is 0 Å². The largest absolute Gasteiger partial charge is 0.483 e. The van der Waals surface area contributed by atoms with Crippen LogP contribution >= 0.6 is 11.3 Å². The van der Waals surface area contributed by atoms with E-state index in [-0.39, 0.29) is 11.0 Å². The number of anilines is 1. The van der Waals surface area contributed by atoms with Gasteiger partial charge in [0.2, 0.25) is 0 Å². The smallest absolute Gasteiger partial charge is 0.197 e. The first-order valence-electron chi connectivity index (χ1n) is 10.9. The summed E-state index contributed by atoms with van der Waals surface area (Å²) in [6.45, 7) is 8.27. The van der Waals surface area contributed by atoms with Crippen molar-refractivity contribution in [3.8, 4) is 5.75 Å². The fourth-order valence-corrected chi connectivity index (χ4v) is 5.63. The van der Waals surface area contributed by atoms with Crippen LogP contribution in [0, 0.1) is 0 Å². The molecule has 2 aliphatic rings. The van der Waals surface area contributed by atoms with E-state index in [4.69, 9.17) is 4.74 Å². The van der Waals surface area contributed by atoms with Crippen molar-refractivity contribution in [3.05, 3.63) is 52.2 Å². The first kappa shape index (κ1) is 19.6. The second-order valence-electron chi connectivity index (χ2n) is 8.83. The lowest BCUT2D eigenvalue weighted by Gasteiger charge is -2.30. The van der Waals surface area contributed by atoms with E-state index < -0.39 is 0 Å². The lowest BCUT2D eigenvalue weighted by molar-refractivity contribution is 0.159. The summed E-state index contributed by atoms with van der Waals surface area (Å²) in [5.74, 6) is 0.849. The van der Waals surface area contributed by atoms with Crippen LogP contribution in [0.1, 0.15) is 38.7 Å². The molecular weight excluding hydrogens is 392 g/mol. The van der Waals surface area contributed by atoms with Crippen molar-refractivity contribution in [2.24, 2.45) is 0 Å². The Morgan fingerprint density at radius 2 is 1.93 bits per heavy atom. The minimum atomic E-state index is -0.354. The van der Waals surface area contributed by atoms with Gasteiger partial charge in [-0.2, -0.15) is 0 Å². The molecule has 30 heavy (non-hydrogen) atoms. The molecule has 2 aliphatic heterocycles. The summed E-state index contributed by atoms with van der Waals surface area (Å²) in [6, 6.07) is 9.93. The Hall–Kier alpha value is -2.37. The number of piperidine rings is 1. The Bertz CT molecular complexity index is 1190. The number of hydrogen-bond acceptors (Lipinski definition) is 5. The Balaban J connectivity index is 1.61. The number of hydrogen-bond donors (Lipinski definition) is 1. The highest BCUT2D eigenvalue weighted by Gasteiger charge is 2.26. The molecule has 5 rings (SSSR count). The van der Waals surface area contributed by atoms with Crippen molar-refractivity contribution in [2.75, 3.05) is 31.5 Å². The number of nitrogens with one attached hydrogen (secondary N) is 1. The standard InChI is InChI=1S/C25H28N2O2S/c1-25(2)11-10-17-19(29-25)16-21-22(24(28)18-8-4-5-9-20(18)30-21)23(17)26-12-15-27-13-6-3-7-14-27/h4-5,8-11,16,26H,3,6-7,12-15H2,1-2H3. The molecule has 1 fully saturated rings. The van der Waals surface area contributed by atoms with Gasteiger partial charge < -0.3 is 15.0 Å².